The Morgan fingerprint density at radius 1 is 0.909 bits per heavy atom. The van der Waals surface area contributed by atoms with Gasteiger partial charge in [0.2, 0.25) is 0 Å². The number of rotatable bonds is 3. The first-order valence-electron chi connectivity index (χ1n) is 6.70. The van der Waals surface area contributed by atoms with Gasteiger partial charge in [-0.15, -0.1) is 10.2 Å². The van der Waals surface area contributed by atoms with Crippen LogP contribution >= 0.6 is 11.6 Å². The predicted octanol–water partition coefficient (Wildman–Crippen LogP) is 3.80. The van der Waals surface area contributed by atoms with Crippen LogP contribution in [0.2, 0.25) is 5.02 Å². The molecule has 0 atom stereocenters. The van der Waals surface area contributed by atoms with Gasteiger partial charge in [-0.1, -0.05) is 72.3 Å². The third-order valence-corrected chi connectivity index (χ3v) is 3.67. The maximum absolute atomic E-state index is 8.38. The quantitative estimate of drug-likeness (QED) is 0.723. The zero-order chi connectivity index (χ0) is 15.5. The van der Waals surface area contributed by atoms with E-state index < -0.39 is 0 Å². The summed E-state index contributed by atoms with van der Waals surface area (Å²) < 4.78 is 0. The number of nitrogen functional groups attached to an aromatic ring is 1. The summed E-state index contributed by atoms with van der Waals surface area (Å²) in [5.41, 5.74) is 8.62. The first kappa shape index (κ1) is 14.2. The first-order valence-corrected chi connectivity index (χ1v) is 7.07. The maximum atomic E-state index is 8.38. The van der Waals surface area contributed by atoms with Crippen LogP contribution < -0.4 is 5.73 Å². The molecule has 3 aromatic rings. The summed E-state index contributed by atoms with van der Waals surface area (Å²) in [7, 11) is 0. The van der Waals surface area contributed by atoms with Crippen LogP contribution in [0.4, 0.5) is 5.82 Å². The Hall–Kier alpha value is -2.72. The van der Waals surface area contributed by atoms with Crippen LogP contribution in [0.1, 0.15) is 11.1 Å². The minimum absolute atomic E-state index is 0.151. The predicted molar refractivity (Wildman–Crippen MR) is 89.3 cm³/mol. The molecule has 0 aliphatic rings. The van der Waals surface area contributed by atoms with E-state index in [-0.39, 0.29) is 11.5 Å². The number of aromatic nitrogens is 2. The van der Waals surface area contributed by atoms with Crippen LogP contribution in [0.25, 0.3) is 11.3 Å². The number of nitrogens with one attached hydrogen (secondary N) is 1. The van der Waals surface area contributed by atoms with E-state index in [0.717, 1.165) is 11.1 Å². The fourth-order valence-corrected chi connectivity index (χ4v) is 2.53. The molecular weight excluding hydrogens is 296 g/mol. The van der Waals surface area contributed by atoms with Crippen LogP contribution in [-0.2, 0) is 0 Å². The highest BCUT2D eigenvalue weighted by atomic mass is 35.5. The topological polar surface area (TPSA) is 75.7 Å². The molecule has 0 aliphatic carbocycles. The molecule has 1 aromatic heterocycles. The zero-order valence-corrected chi connectivity index (χ0v) is 12.4. The number of nitrogens with two attached hydrogens (primary N) is 1. The van der Waals surface area contributed by atoms with Gasteiger partial charge in [0.25, 0.3) is 0 Å². The maximum Gasteiger partial charge on any atom is 0.157 e. The number of hydrogen-bond donors (Lipinski definition) is 2. The van der Waals surface area contributed by atoms with E-state index in [2.05, 4.69) is 10.2 Å². The van der Waals surface area contributed by atoms with Gasteiger partial charge in [-0.2, -0.15) is 0 Å². The molecule has 2 aromatic carbocycles. The molecule has 22 heavy (non-hydrogen) atoms. The second-order valence-corrected chi connectivity index (χ2v) is 5.11. The molecular formula is C17H13ClN4. The van der Waals surface area contributed by atoms with E-state index in [0.29, 0.717) is 16.3 Å². The van der Waals surface area contributed by atoms with Crippen LogP contribution in [0.3, 0.4) is 0 Å². The number of anilines is 1. The highest BCUT2D eigenvalue weighted by molar-refractivity contribution is 6.38. The standard InChI is InChI=1S/C17H13ClN4/c18-14-13(15(19)11-7-3-1-4-8-11)17(20)22-21-16(14)12-9-5-2-6-10-12/h1-10,19H,(H2,20,22). The minimum Gasteiger partial charge on any atom is -0.382 e. The Morgan fingerprint density at radius 3 is 2.14 bits per heavy atom. The van der Waals surface area contributed by atoms with Gasteiger partial charge in [-0.25, -0.2) is 0 Å². The Morgan fingerprint density at radius 2 is 1.50 bits per heavy atom. The average molecular weight is 309 g/mol. The Balaban J connectivity index is 2.15. The lowest BCUT2D eigenvalue weighted by atomic mass is 10.0. The van der Waals surface area contributed by atoms with Crippen molar-refractivity contribution in [2.45, 2.75) is 0 Å². The van der Waals surface area contributed by atoms with E-state index >= 15 is 0 Å². The fraction of sp³-hybridized carbons (Fsp3) is 0. The number of nitrogens with zero attached hydrogens (tertiary/aromatic N) is 2. The van der Waals surface area contributed by atoms with Gasteiger partial charge in [0, 0.05) is 11.1 Å². The lowest BCUT2D eigenvalue weighted by Gasteiger charge is -2.12. The van der Waals surface area contributed by atoms with E-state index in [1.165, 1.54) is 0 Å². The summed E-state index contributed by atoms with van der Waals surface area (Å²) in [6.07, 6.45) is 0. The Labute approximate surface area is 133 Å². The van der Waals surface area contributed by atoms with Crippen molar-refractivity contribution in [2.24, 2.45) is 0 Å². The molecule has 0 unspecified atom stereocenters. The lowest BCUT2D eigenvalue weighted by molar-refractivity contribution is 1.04. The monoisotopic (exact) mass is 308 g/mol. The third-order valence-electron chi connectivity index (χ3n) is 3.30. The molecule has 0 fully saturated rings. The van der Waals surface area contributed by atoms with Crippen molar-refractivity contribution in [1.29, 1.82) is 5.41 Å². The summed E-state index contributed by atoms with van der Waals surface area (Å²) in [4.78, 5) is 0. The number of hydrogen-bond acceptors (Lipinski definition) is 4. The summed E-state index contributed by atoms with van der Waals surface area (Å²) >= 11 is 6.47. The molecule has 1 heterocycles. The number of benzene rings is 2. The van der Waals surface area contributed by atoms with Gasteiger partial charge in [0.05, 0.1) is 16.3 Å². The molecule has 108 valence electrons. The zero-order valence-electron chi connectivity index (χ0n) is 11.6. The van der Waals surface area contributed by atoms with E-state index in [1.54, 1.807) is 0 Å². The van der Waals surface area contributed by atoms with Gasteiger partial charge in [-0.05, 0) is 0 Å². The minimum atomic E-state index is 0.151. The smallest absolute Gasteiger partial charge is 0.157 e. The first-order chi connectivity index (χ1) is 10.7. The summed E-state index contributed by atoms with van der Waals surface area (Å²) in [6, 6.07) is 18.8. The average Bonchev–Trinajstić information content (AvgIpc) is 2.56. The van der Waals surface area contributed by atoms with Crippen molar-refractivity contribution < 1.29 is 0 Å². The van der Waals surface area contributed by atoms with E-state index in [9.17, 15) is 0 Å². The lowest BCUT2D eigenvalue weighted by Crippen LogP contribution is -2.10. The fourth-order valence-electron chi connectivity index (χ4n) is 2.20. The largest absolute Gasteiger partial charge is 0.382 e. The summed E-state index contributed by atoms with van der Waals surface area (Å²) in [5.74, 6) is 0.151. The molecule has 0 amide bonds. The molecule has 0 radical (unpaired) electrons. The van der Waals surface area contributed by atoms with Gasteiger partial charge in [0.15, 0.2) is 5.82 Å². The van der Waals surface area contributed by atoms with Gasteiger partial charge >= 0.3 is 0 Å². The molecule has 0 bridgehead atoms. The second-order valence-electron chi connectivity index (χ2n) is 4.73. The molecule has 3 N–H and O–H groups in total. The van der Waals surface area contributed by atoms with Crippen molar-refractivity contribution in [3.63, 3.8) is 0 Å². The summed E-state index contributed by atoms with van der Waals surface area (Å²) in [5, 5.41) is 16.8. The number of halogens is 1. The van der Waals surface area contributed by atoms with Crippen molar-refractivity contribution >= 4 is 23.1 Å². The van der Waals surface area contributed by atoms with Gasteiger partial charge < -0.3 is 5.73 Å². The second kappa shape index (κ2) is 5.95. The normalized spacial score (nSPS) is 10.4. The molecule has 0 spiro atoms. The highest BCUT2D eigenvalue weighted by Crippen LogP contribution is 2.31. The van der Waals surface area contributed by atoms with E-state index in [1.807, 2.05) is 60.7 Å². The molecule has 0 aliphatic heterocycles. The highest BCUT2D eigenvalue weighted by Gasteiger charge is 2.19. The van der Waals surface area contributed by atoms with Crippen LogP contribution in [-0.4, -0.2) is 15.9 Å². The van der Waals surface area contributed by atoms with Crippen molar-refractivity contribution in [3.8, 4) is 11.3 Å². The Kier molecular flexibility index (Phi) is 3.85. The Bertz CT molecular complexity index is 817. The molecule has 0 saturated carbocycles. The van der Waals surface area contributed by atoms with Crippen molar-refractivity contribution in [1.82, 2.24) is 10.2 Å². The SMILES string of the molecule is N=C(c1ccccc1)c1c(N)nnc(-c2ccccc2)c1Cl. The summed E-state index contributed by atoms with van der Waals surface area (Å²) in [6.45, 7) is 0. The van der Waals surface area contributed by atoms with E-state index in [4.69, 9.17) is 22.7 Å². The van der Waals surface area contributed by atoms with Crippen molar-refractivity contribution in [3.05, 3.63) is 76.8 Å². The van der Waals surface area contributed by atoms with Gasteiger partial charge in [0.1, 0.15) is 5.69 Å². The third kappa shape index (κ3) is 2.56. The van der Waals surface area contributed by atoms with Crippen LogP contribution in [0, 0.1) is 5.41 Å². The molecule has 3 rings (SSSR count). The van der Waals surface area contributed by atoms with Gasteiger partial charge in [-0.3, -0.25) is 5.41 Å². The van der Waals surface area contributed by atoms with Crippen molar-refractivity contribution in [2.75, 3.05) is 5.73 Å². The molecule has 4 nitrogen and oxygen atoms in total. The molecule has 0 saturated heterocycles. The van der Waals surface area contributed by atoms with Crippen LogP contribution in [0.15, 0.2) is 60.7 Å². The van der Waals surface area contributed by atoms with Crippen LogP contribution in [0.5, 0.6) is 0 Å². The molecule has 5 heteroatoms.